The molecular weight excluding hydrogens is 374 g/mol. The summed E-state index contributed by atoms with van der Waals surface area (Å²) in [7, 11) is 0. The largest absolute Gasteiger partial charge is 0.350 e. The van der Waals surface area contributed by atoms with Crippen LogP contribution in [0.25, 0.3) is 0 Å². The van der Waals surface area contributed by atoms with E-state index in [0.717, 1.165) is 16.7 Å². The van der Waals surface area contributed by atoms with Crippen LogP contribution in [0.15, 0.2) is 85.2 Å². The van der Waals surface area contributed by atoms with Gasteiger partial charge in [-0.05, 0) is 22.8 Å². The normalized spacial score (nSPS) is 11.5. The number of nitrogens with one attached hydrogen (secondary N) is 1. The highest BCUT2D eigenvalue weighted by Crippen LogP contribution is 2.16. The van der Waals surface area contributed by atoms with E-state index >= 15 is 0 Å². The quantitative estimate of drug-likeness (QED) is 0.594. The van der Waals surface area contributed by atoms with E-state index < -0.39 is 6.04 Å². The lowest BCUT2D eigenvalue weighted by Crippen LogP contribution is -2.50. The van der Waals surface area contributed by atoms with Gasteiger partial charge in [0.2, 0.25) is 11.8 Å². The molecule has 0 saturated heterocycles. The number of carbonyl (C=O) groups excluding carboxylic acids is 2. The Morgan fingerprint density at radius 2 is 1.53 bits per heavy atom. The third-order valence-electron chi connectivity index (χ3n) is 4.96. The maximum atomic E-state index is 13.2. The van der Waals surface area contributed by atoms with Gasteiger partial charge in [-0.15, -0.1) is 0 Å². The summed E-state index contributed by atoms with van der Waals surface area (Å²) >= 11 is 0. The number of amides is 2. The molecule has 1 atom stereocenters. The van der Waals surface area contributed by atoms with E-state index in [1.807, 2.05) is 79.7 Å². The Kier molecular flexibility index (Phi) is 7.72. The van der Waals surface area contributed by atoms with Crippen molar-refractivity contribution in [1.82, 2.24) is 15.2 Å². The van der Waals surface area contributed by atoms with Crippen LogP contribution in [-0.2, 0) is 29.1 Å². The molecule has 2 aromatic carbocycles. The zero-order valence-corrected chi connectivity index (χ0v) is 17.2. The summed E-state index contributed by atoms with van der Waals surface area (Å²) in [6.45, 7) is 2.59. The molecule has 0 bridgehead atoms. The summed E-state index contributed by atoms with van der Waals surface area (Å²) in [5.74, 6) is -0.211. The molecule has 0 aliphatic carbocycles. The molecule has 5 nitrogen and oxygen atoms in total. The molecule has 1 aromatic heterocycles. The second-order valence-corrected chi connectivity index (χ2v) is 7.15. The molecular formula is C25H27N3O2. The molecule has 3 aromatic rings. The van der Waals surface area contributed by atoms with Gasteiger partial charge in [-0.2, -0.15) is 0 Å². The SMILES string of the molecule is CCC(=O)N(Cc1ccccc1)[C@@H](Cc1ccccc1)C(=O)NCc1cccnc1. The monoisotopic (exact) mass is 401 g/mol. The second-order valence-electron chi connectivity index (χ2n) is 7.15. The van der Waals surface area contributed by atoms with Crippen molar-refractivity contribution >= 4 is 11.8 Å². The molecule has 5 heteroatoms. The topological polar surface area (TPSA) is 62.3 Å². The van der Waals surface area contributed by atoms with Crippen molar-refractivity contribution in [3.05, 3.63) is 102 Å². The number of carbonyl (C=O) groups is 2. The van der Waals surface area contributed by atoms with Crippen molar-refractivity contribution in [3.8, 4) is 0 Å². The van der Waals surface area contributed by atoms with Gasteiger partial charge in [-0.25, -0.2) is 0 Å². The van der Waals surface area contributed by atoms with Gasteiger partial charge in [0, 0.05) is 38.3 Å². The lowest BCUT2D eigenvalue weighted by molar-refractivity contribution is -0.141. The number of pyridine rings is 1. The highest BCUT2D eigenvalue weighted by Gasteiger charge is 2.29. The molecule has 0 saturated carbocycles. The summed E-state index contributed by atoms with van der Waals surface area (Å²) in [4.78, 5) is 31.9. The number of aromatic nitrogens is 1. The van der Waals surface area contributed by atoms with E-state index in [0.29, 0.717) is 25.9 Å². The van der Waals surface area contributed by atoms with Crippen LogP contribution in [0.4, 0.5) is 0 Å². The molecule has 154 valence electrons. The van der Waals surface area contributed by atoms with Crippen LogP contribution >= 0.6 is 0 Å². The third-order valence-corrected chi connectivity index (χ3v) is 4.96. The molecule has 0 fully saturated rings. The van der Waals surface area contributed by atoms with E-state index in [4.69, 9.17) is 0 Å². The van der Waals surface area contributed by atoms with Crippen molar-refractivity contribution in [2.45, 2.75) is 38.9 Å². The smallest absolute Gasteiger partial charge is 0.243 e. The van der Waals surface area contributed by atoms with Crippen LogP contribution in [0.5, 0.6) is 0 Å². The summed E-state index contributed by atoms with van der Waals surface area (Å²) in [6, 6.07) is 22.7. The predicted molar refractivity (Wildman–Crippen MR) is 117 cm³/mol. The molecule has 30 heavy (non-hydrogen) atoms. The summed E-state index contributed by atoms with van der Waals surface area (Å²) in [5.41, 5.74) is 2.93. The molecule has 0 spiro atoms. The van der Waals surface area contributed by atoms with E-state index in [9.17, 15) is 9.59 Å². The first-order valence-electron chi connectivity index (χ1n) is 10.2. The fourth-order valence-corrected chi connectivity index (χ4v) is 3.35. The van der Waals surface area contributed by atoms with E-state index in [1.54, 1.807) is 17.3 Å². The highest BCUT2D eigenvalue weighted by atomic mass is 16.2. The first-order chi connectivity index (χ1) is 14.7. The summed E-state index contributed by atoms with van der Waals surface area (Å²) in [6.07, 6.45) is 4.22. The van der Waals surface area contributed by atoms with Gasteiger partial charge in [-0.1, -0.05) is 73.7 Å². The Hall–Kier alpha value is -3.47. The lowest BCUT2D eigenvalue weighted by Gasteiger charge is -2.31. The van der Waals surface area contributed by atoms with Gasteiger partial charge in [0.25, 0.3) is 0 Å². The van der Waals surface area contributed by atoms with Gasteiger partial charge in [0.1, 0.15) is 6.04 Å². The van der Waals surface area contributed by atoms with Crippen LogP contribution in [-0.4, -0.2) is 27.7 Å². The Morgan fingerprint density at radius 3 is 2.13 bits per heavy atom. The lowest BCUT2D eigenvalue weighted by atomic mass is 10.0. The van der Waals surface area contributed by atoms with Crippen LogP contribution in [0, 0.1) is 0 Å². The molecule has 0 radical (unpaired) electrons. The average molecular weight is 402 g/mol. The van der Waals surface area contributed by atoms with Crippen molar-refractivity contribution < 1.29 is 9.59 Å². The number of rotatable bonds is 9. The Balaban J connectivity index is 1.84. The fraction of sp³-hybridized carbons (Fsp3) is 0.240. The average Bonchev–Trinajstić information content (AvgIpc) is 2.81. The van der Waals surface area contributed by atoms with E-state index in [2.05, 4.69) is 10.3 Å². The molecule has 1 heterocycles. The van der Waals surface area contributed by atoms with Crippen LogP contribution in [0.2, 0.25) is 0 Å². The highest BCUT2D eigenvalue weighted by molar-refractivity contribution is 5.87. The van der Waals surface area contributed by atoms with Crippen molar-refractivity contribution in [2.24, 2.45) is 0 Å². The van der Waals surface area contributed by atoms with Gasteiger partial charge in [0.15, 0.2) is 0 Å². The van der Waals surface area contributed by atoms with Crippen molar-refractivity contribution in [1.29, 1.82) is 0 Å². The van der Waals surface area contributed by atoms with Gasteiger partial charge in [-0.3, -0.25) is 14.6 Å². The number of benzene rings is 2. The number of hydrogen-bond acceptors (Lipinski definition) is 3. The second kappa shape index (κ2) is 10.9. The maximum Gasteiger partial charge on any atom is 0.243 e. The molecule has 2 amide bonds. The van der Waals surface area contributed by atoms with E-state index in [1.165, 1.54) is 0 Å². The zero-order chi connectivity index (χ0) is 21.2. The maximum absolute atomic E-state index is 13.2. The minimum absolute atomic E-state index is 0.0451. The van der Waals surface area contributed by atoms with Crippen molar-refractivity contribution in [2.75, 3.05) is 0 Å². The first-order valence-corrected chi connectivity index (χ1v) is 10.2. The third kappa shape index (κ3) is 6.01. The summed E-state index contributed by atoms with van der Waals surface area (Å²) < 4.78 is 0. The number of nitrogens with zero attached hydrogens (tertiary/aromatic N) is 2. The summed E-state index contributed by atoms with van der Waals surface area (Å²) in [5, 5.41) is 2.99. The molecule has 0 unspecified atom stereocenters. The Labute approximate surface area is 177 Å². The standard InChI is InChI=1S/C25H27N3O2/c1-2-24(29)28(19-21-12-7-4-8-13-21)23(16-20-10-5-3-6-11-20)25(30)27-18-22-14-9-15-26-17-22/h3-15,17,23H,2,16,18-19H2,1H3,(H,27,30)/t23-/m0/s1. The Bertz CT molecular complexity index is 930. The Morgan fingerprint density at radius 1 is 0.900 bits per heavy atom. The van der Waals surface area contributed by atoms with Gasteiger partial charge >= 0.3 is 0 Å². The first kappa shape index (κ1) is 21.2. The minimum Gasteiger partial charge on any atom is -0.350 e. The fourth-order valence-electron chi connectivity index (χ4n) is 3.35. The molecule has 0 aliphatic rings. The zero-order valence-electron chi connectivity index (χ0n) is 17.2. The molecule has 0 aliphatic heterocycles. The molecule has 1 N–H and O–H groups in total. The minimum atomic E-state index is -0.600. The van der Waals surface area contributed by atoms with Crippen LogP contribution in [0.3, 0.4) is 0 Å². The van der Waals surface area contributed by atoms with Gasteiger partial charge in [0.05, 0.1) is 0 Å². The van der Waals surface area contributed by atoms with Crippen LogP contribution in [0.1, 0.15) is 30.0 Å². The molecule has 3 rings (SSSR count). The van der Waals surface area contributed by atoms with Gasteiger partial charge < -0.3 is 10.2 Å². The predicted octanol–water partition coefficient (Wildman–Crippen LogP) is 3.75. The number of hydrogen-bond donors (Lipinski definition) is 1. The van der Waals surface area contributed by atoms with Crippen molar-refractivity contribution in [3.63, 3.8) is 0 Å². The van der Waals surface area contributed by atoms with E-state index in [-0.39, 0.29) is 11.8 Å². The van der Waals surface area contributed by atoms with Crippen LogP contribution < -0.4 is 5.32 Å².